The fourth-order valence-corrected chi connectivity index (χ4v) is 3.33. The third kappa shape index (κ3) is 3.31. The molecule has 2 rings (SSSR count). The molecule has 1 aromatic rings. The number of nitrogens with zero attached hydrogens (tertiary/aromatic N) is 1. The molecule has 0 saturated carbocycles. The van der Waals surface area contributed by atoms with Crippen molar-refractivity contribution in [2.45, 2.75) is 24.7 Å². The number of hydrogen-bond donors (Lipinski definition) is 1. The minimum atomic E-state index is -4.06. The van der Waals surface area contributed by atoms with Crippen LogP contribution in [-0.2, 0) is 24.9 Å². The Kier molecular flexibility index (Phi) is 4.66. The first kappa shape index (κ1) is 15.3. The lowest BCUT2D eigenvalue weighted by molar-refractivity contribution is 0.0417. The van der Waals surface area contributed by atoms with E-state index in [9.17, 15) is 13.2 Å². The number of nitrogens with one attached hydrogen (secondary N) is 1. The monoisotopic (exact) mass is 322 g/mol. The van der Waals surface area contributed by atoms with Crippen LogP contribution in [0.15, 0.2) is 4.90 Å². The number of H-pyrrole nitrogens is 1. The van der Waals surface area contributed by atoms with E-state index in [1.165, 1.54) is 0 Å². The molecule has 0 radical (unpaired) electrons. The summed E-state index contributed by atoms with van der Waals surface area (Å²) in [5, 5.41) is 6.20. The van der Waals surface area contributed by atoms with Gasteiger partial charge in [0.2, 0.25) is 0 Å². The van der Waals surface area contributed by atoms with E-state index < -0.39 is 15.0 Å². The molecule has 7 nitrogen and oxygen atoms in total. The number of aryl methyl sites for hydroxylation is 1. The molecule has 1 saturated heterocycles. The van der Waals surface area contributed by atoms with Crippen molar-refractivity contribution in [3.05, 3.63) is 11.4 Å². The Hall–Kier alpha value is -1.12. The lowest BCUT2D eigenvalue weighted by Crippen LogP contribution is -2.16. The summed E-state index contributed by atoms with van der Waals surface area (Å²) < 4.78 is 33.3. The summed E-state index contributed by atoms with van der Waals surface area (Å²) in [5.41, 5.74) is -0.00749. The molecule has 1 unspecified atom stereocenters. The summed E-state index contributed by atoms with van der Waals surface area (Å²) in [6.45, 7) is 3.08. The van der Waals surface area contributed by atoms with Crippen molar-refractivity contribution in [1.82, 2.24) is 10.2 Å². The average Bonchev–Trinajstić information content (AvgIpc) is 3.03. The quantitative estimate of drug-likeness (QED) is 0.643. The summed E-state index contributed by atoms with van der Waals surface area (Å²) in [4.78, 5) is 11.6. The van der Waals surface area contributed by atoms with E-state index >= 15 is 0 Å². The molecule has 9 heteroatoms. The van der Waals surface area contributed by atoms with E-state index in [1.54, 1.807) is 6.92 Å². The number of hydrogen-bond acceptors (Lipinski definition) is 6. The lowest BCUT2D eigenvalue weighted by atomic mass is 10.1. The average molecular weight is 323 g/mol. The van der Waals surface area contributed by atoms with Crippen LogP contribution in [0.2, 0.25) is 0 Å². The van der Waals surface area contributed by atoms with Crippen LogP contribution in [0.3, 0.4) is 0 Å². The summed E-state index contributed by atoms with van der Waals surface area (Å²) in [7, 11) is 1.28. The molecule has 1 atom stereocenters. The maximum absolute atomic E-state index is 11.9. The van der Waals surface area contributed by atoms with Gasteiger partial charge in [-0.25, -0.2) is 13.2 Å². The molecular weight excluding hydrogens is 308 g/mol. The first-order valence-corrected chi connectivity index (χ1v) is 8.51. The van der Waals surface area contributed by atoms with Gasteiger partial charge in [-0.3, -0.25) is 5.10 Å². The third-order valence-electron chi connectivity index (χ3n) is 3.06. The van der Waals surface area contributed by atoms with Gasteiger partial charge in [-0.2, -0.15) is 5.10 Å². The van der Waals surface area contributed by atoms with E-state index in [1.807, 2.05) is 0 Å². The normalized spacial score (nSPS) is 19.2. The predicted octanol–water partition coefficient (Wildman–Crippen LogP) is 1.09. The molecule has 1 aliphatic heterocycles. The van der Waals surface area contributed by atoms with Gasteiger partial charge in [0, 0.05) is 23.2 Å². The zero-order valence-corrected chi connectivity index (χ0v) is 12.5. The Morgan fingerprint density at radius 2 is 2.35 bits per heavy atom. The van der Waals surface area contributed by atoms with Gasteiger partial charge in [-0.15, -0.1) is 0 Å². The van der Waals surface area contributed by atoms with Crippen molar-refractivity contribution < 1.29 is 22.7 Å². The second-order valence-electron chi connectivity index (χ2n) is 4.50. The van der Waals surface area contributed by atoms with Gasteiger partial charge in [-0.05, 0) is 12.8 Å². The number of aromatic nitrogens is 2. The minimum absolute atomic E-state index is 0.139. The van der Waals surface area contributed by atoms with Gasteiger partial charge in [0.05, 0.1) is 18.9 Å². The van der Waals surface area contributed by atoms with Crippen LogP contribution in [-0.4, -0.2) is 44.4 Å². The van der Waals surface area contributed by atoms with Crippen molar-refractivity contribution >= 4 is 25.7 Å². The first-order chi connectivity index (χ1) is 9.43. The molecule has 1 aliphatic rings. The van der Waals surface area contributed by atoms with E-state index in [-0.39, 0.29) is 28.8 Å². The van der Waals surface area contributed by atoms with E-state index in [0.29, 0.717) is 19.6 Å². The molecule has 1 aromatic heterocycles. The van der Waals surface area contributed by atoms with Gasteiger partial charge in [0.25, 0.3) is 9.05 Å². The maximum Gasteiger partial charge on any atom is 0.360 e. The molecule has 2 heterocycles. The topological polar surface area (TPSA) is 98.3 Å². The number of aromatic amines is 1. The number of carbonyl (C=O) groups is 1. The van der Waals surface area contributed by atoms with Crippen LogP contribution in [0.5, 0.6) is 0 Å². The molecular formula is C11H15ClN2O5S. The van der Waals surface area contributed by atoms with E-state index in [2.05, 4.69) is 10.2 Å². The molecule has 112 valence electrons. The van der Waals surface area contributed by atoms with Crippen LogP contribution in [0.1, 0.15) is 29.5 Å². The fourth-order valence-electron chi connectivity index (χ4n) is 1.99. The highest BCUT2D eigenvalue weighted by molar-refractivity contribution is 8.13. The summed E-state index contributed by atoms with van der Waals surface area (Å²) in [6.07, 6.45) is 1.17. The van der Waals surface area contributed by atoms with Crippen LogP contribution in [0, 0.1) is 5.92 Å². The Morgan fingerprint density at radius 3 is 2.90 bits per heavy atom. The van der Waals surface area contributed by atoms with Crippen molar-refractivity contribution in [2.24, 2.45) is 5.92 Å². The molecule has 0 aliphatic carbocycles. The highest BCUT2D eigenvalue weighted by Crippen LogP contribution is 2.24. The maximum atomic E-state index is 11.9. The number of rotatable bonds is 5. The number of ether oxygens (including phenoxy) is 2. The van der Waals surface area contributed by atoms with Crippen LogP contribution < -0.4 is 0 Å². The smallest absolute Gasteiger partial charge is 0.360 e. The van der Waals surface area contributed by atoms with Crippen molar-refractivity contribution in [2.75, 3.05) is 19.8 Å². The SMILES string of the molecule is CCc1[nH]nc(C(=O)OCC2CCOC2)c1S(=O)(=O)Cl. The summed E-state index contributed by atoms with van der Waals surface area (Å²) >= 11 is 0. The van der Waals surface area contributed by atoms with E-state index in [0.717, 1.165) is 6.42 Å². The van der Waals surface area contributed by atoms with Gasteiger partial charge in [0.15, 0.2) is 5.69 Å². The predicted molar refractivity (Wildman–Crippen MR) is 70.2 cm³/mol. The van der Waals surface area contributed by atoms with Crippen molar-refractivity contribution in [1.29, 1.82) is 0 Å². The van der Waals surface area contributed by atoms with E-state index in [4.69, 9.17) is 20.2 Å². The number of halogens is 1. The first-order valence-electron chi connectivity index (χ1n) is 6.20. The molecule has 1 N–H and O–H groups in total. The Morgan fingerprint density at radius 1 is 1.60 bits per heavy atom. The molecule has 1 fully saturated rings. The number of esters is 1. The standard InChI is InChI=1S/C11H15ClN2O5S/c1-2-8-10(20(12,16)17)9(14-13-8)11(15)19-6-7-3-4-18-5-7/h7H,2-6H2,1H3,(H,13,14). The van der Waals surface area contributed by atoms with Crippen molar-refractivity contribution in [3.63, 3.8) is 0 Å². The van der Waals surface area contributed by atoms with Crippen LogP contribution in [0.4, 0.5) is 0 Å². The molecule has 0 aromatic carbocycles. The van der Waals surface area contributed by atoms with Gasteiger partial charge in [-0.1, -0.05) is 6.92 Å². The Balaban J connectivity index is 2.15. The van der Waals surface area contributed by atoms with Gasteiger partial charge < -0.3 is 9.47 Å². The Labute approximate surface area is 121 Å². The highest BCUT2D eigenvalue weighted by Gasteiger charge is 2.29. The number of carbonyl (C=O) groups excluding carboxylic acids is 1. The van der Waals surface area contributed by atoms with Crippen molar-refractivity contribution in [3.8, 4) is 0 Å². The van der Waals surface area contributed by atoms with Crippen LogP contribution >= 0.6 is 10.7 Å². The summed E-state index contributed by atoms with van der Waals surface area (Å²) in [6, 6.07) is 0. The molecule has 0 spiro atoms. The second kappa shape index (κ2) is 6.11. The summed E-state index contributed by atoms with van der Waals surface area (Å²) in [5.74, 6) is -0.660. The lowest BCUT2D eigenvalue weighted by Gasteiger charge is -2.08. The second-order valence-corrected chi connectivity index (χ2v) is 7.00. The van der Waals surface area contributed by atoms with Gasteiger partial charge >= 0.3 is 5.97 Å². The van der Waals surface area contributed by atoms with Gasteiger partial charge in [0.1, 0.15) is 4.90 Å². The highest BCUT2D eigenvalue weighted by atomic mass is 35.7. The van der Waals surface area contributed by atoms with Crippen LogP contribution in [0.25, 0.3) is 0 Å². The molecule has 20 heavy (non-hydrogen) atoms. The fraction of sp³-hybridized carbons (Fsp3) is 0.636. The Bertz CT molecular complexity index is 592. The third-order valence-corrected chi connectivity index (χ3v) is 4.45. The molecule has 0 bridgehead atoms. The largest absolute Gasteiger partial charge is 0.460 e. The minimum Gasteiger partial charge on any atom is -0.460 e. The zero-order valence-electron chi connectivity index (χ0n) is 10.9. The molecule has 0 amide bonds. The zero-order chi connectivity index (χ0) is 14.8.